The van der Waals surface area contributed by atoms with Crippen LogP contribution < -0.4 is 0 Å². The molecule has 0 saturated carbocycles. The van der Waals surface area contributed by atoms with Crippen LogP contribution in [-0.4, -0.2) is 39.1 Å². The van der Waals surface area contributed by atoms with E-state index in [1.165, 1.54) is 0 Å². The Balaban J connectivity index is 2.06. The van der Waals surface area contributed by atoms with Crippen molar-refractivity contribution in [2.75, 3.05) is 13.6 Å². The molecule has 1 heterocycles. The van der Waals surface area contributed by atoms with Crippen molar-refractivity contribution >= 4 is 17.0 Å². The van der Waals surface area contributed by atoms with Gasteiger partial charge in [0, 0.05) is 20.1 Å². The van der Waals surface area contributed by atoms with Gasteiger partial charge < -0.3 is 14.6 Å². The lowest BCUT2D eigenvalue weighted by Gasteiger charge is -2.19. The summed E-state index contributed by atoms with van der Waals surface area (Å²) in [5.74, 6) is -1.12. The van der Waals surface area contributed by atoms with Crippen LogP contribution in [0.25, 0.3) is 11.0 Å². The molecule has 2 aromatic rings. The van der Waals surface area contributed by atoms with Crippen molar-refractivity contribution < 1.29 is 9.90 Å². The molecule has 19 heavy (non-hydrogen) atoms. The summed E-state index contributed by atoms with van der Waals surface area (Å²) in [4.78, 5) is 17.2. The maximum atomic E-state index is 10.8. The fourth-order valence-corrected chi connectivity index (χ4v) is 2.20. The number of nitrogens with zero attached hydrogens (tertiary/aromatic N) is 3. The predicted octanol–water partition coefficient (Wildman–Crippen LogP) is 1.73. The van der Waals surface area contributed by atoms with Crippen LogP contribution in [0.3, 0.4) is 0 Å². The van der Waals surface area contributed by atoms with Gasteiger partial charge in [0.2, 0.25) is 0 Å². The second-order valence-electron chi connectivity index (χ2n) is 5.11. The highest BCUT2D eigenvalue weighted by molar-refractivity contribution is 5.75. The Morgan fingerprint density at radius 2 is 2.26 bits per heavy atom. The third-order valence-corrected chi connectivity index (χ3v) is 3.25. The molecule has 0 saturated heterocycles. The standard InChI is InChI=1S/C14H19N3O2/c1-10(14(18)19)7-16(2)8-11-4-5-13-12(6-11)15-9-17(13)3/h4-6,9-10H,7-8H2,1-3H3,(H,18,19). The fraction of sp³-hybridized carbons (Fsp3) is 0.429. The summed E-state index contributed by atoms with van der Waals surface area (Å²) in [6, 6.07) is 6.16. The molecule has 0 aliphatic carbocycles. The lowest BCUT2D eigenvalue weighted by atomic mass is 10.1. The first kappa shape index (κ1) is 13.5. The SMILES string of the molecule is CC(CN(C)Cc1ccc2c(c1)ncn2C)C(=O)O. The first-order chi connectivity index (χ1) is 8.97. The molecule has 0 bridgehead atoms. The maximum Gasteiger partial charge on any atom is 0.307 e. The first-order valence-electron chi connectivity index (χ1n) is 6.28. The average molecular weight is 261 g/mol. The number of hydrogen-bond donors (Lipinski definition) is 1. The highest BCUT2D eigenvalue weighted by atomic mass is 16.4. The van der Waals surface area contributed by atoms with Gasteiger partial charge in [-0.25, -0.2) is 4.98 Å². The van der Waals surface area contributed by atoms with E-state index in [0.717, 1.165) is 23.1 Å². The van der Waals surface area contributed by atoms with E-state index in [9.17, 15) is 4.79 Å². The monoisotopic (exact) mass is 261 g/mol. The number of aromatic nitrogens is 2. The van der Waals surface area contributed by atoms with Crippen molar-refractivity contribution in [2.24, 2.45) is 13.0 Å². The summed E-state index contributed by atoms with van der Waals surface area (Å²) >= 11 is 0. The number of aliphatic carboxylic acids is 1. The number of carboxylic acid groups (broad SMARTS) is 1. The predicted molar refractivity (Wildman–Crippen MR) is 73.8 cm³/mol. The van der Waals surface area contributed by atoms with Gasteiger partial charge in [0.15, 0.2) is 0 Å². The van der Waals surface area contributed by atoms with E-state index in [-0.39, 0.29) is 5.92 Å². The van der Waals surface area contributed by atoms with Crippen LogP contribution in [0.5, 0.6) is 0 Å². The Morgan fingerprint density at radius 1 is 1.53 bits per heavy atom. The smallest absolute Gasteiger partial charge is 0.307 e. The van der Waals surface area contributed by atoms with E-state index in [2.05, 4.69) is 17.1 Å². The topological polar surface area (TPSA) is 58.4 Å². The maximum absolute atomic E-state index is 10.8. The molecule has 0 aliphatic rings. The molecule has 0 aliphatic heterocycles. The summed E-state index contributed by atoms with van der Waals surface area (Å²) in [5, 5.41) is 8.90. The number of rotatable bonds is 5. The van der Waals surface area contributed by atoms with Crippen LogP contribution in [0.4, 0.5) is 0 Å². The van der Waals surface area contributed by atoms with Gasteiger partial charge in [-0.05, 0) is 24.7 Å². The summed E-state index contributed by atoms with van der Waals surface area (Å²) in [5.41, 5.74) is 3.22. The Morgan fingerprint density at radius 3 is 2.95 bits per heavy atom. The molecule has 102 valence electrons. The number of aryl methyl sites for hydroxylation is 1. The van der Waals surface area contributed by atoms with Crippen molar-refractivity contribution in [3.05, 3.63) is 30.1 Å². The van der Waals surface area contributed by atoms with Gasteiger partial charge in [-0.1, -0.05) is 13.0 Å². The normalized spacial score (nSPS) is 13.1. The van der Waals surface area contributed by atoms with Crippen LogP contribution >= 0.6 is 0 Å². The molecular weight excluding hydrogens is 242 g/mol. The Bertz CT molecular complexity index is 591. The molecule has 0 amide bonds. The van der Waals surface area contributed by atoms with Gasteiger partial charge in [0.25, 0.3) is 0 Å². The molecule has 1 atom stereocenters. The van der Waals surface area contributed by atoms with E-state index in [4.69, 9.17) is 5.11 Å². The highest BCUT2D eigenvalue weighted by Gasteiger charge is 2.13. The van der Waals surface area contributed by atoms with E-state index in [1.54, 1.807) is 13.3 Å². The summed E-state index contributed by atoms with van der Waals surface area (Å²) in [6.07, 6.45) is 1.80. The minimum atomic E-state index is -0.757. The minimum Gasteiger partial charge on any atom is -0.481 e. The molecule has 1 N–H and O–H groups in total. The van der Waals surface area contributed by atoms with Crippen molar-refractivity contribution in [1.29, 1.82) is 0 Å². The number of benzene rings is 1. The van der Waals surface area contributed by atoms with Gasteiger partial charge in [-0.3, -0.25) is 4.79 Å². The lowest BCUT2D eigenvalue weighted by molar-refractivity contribution is -0.141. The van der Waals surface area contributed by atoms with Gasteiger partial charge in [0.1, 0.15) is 0 Å². The van der Waals surface area contributed by atoms with Crippen LogP contribution in [0, 0.1) is 5.92 Å². The molecule has 1 aromatic heterocycles. The van der Waals surface area contributed by atoms with Crippen molar-refractivity contribution in [3.63, 3.8) is 0 Å². The molecule has 0 radical (unpaired) electrons. The molecule has 1 aromatic carbocycles. The Kier molecular flexibility index (Phi) is 3.85. The quantitative estimate of drug-likeness (QED) is 0.890. The van der Waals surface area contributed by atoms with Crippen LogP contribution in [0.1, 0.15) is 12.5 Å². The zero-order valence-corrected chi connectivity index (χ0v) is 11.5. The third kappa shape index (κ3) is 3.12. The molecule has 0 spiro atoms. The minimum absolute atomic E-state index is 0.358. The van der Waals surface area contributed by atoms with E-state index < -0.39 is 5.97 Å². The lowest BCUT2D eigenvalue weighted by Crippen LogP contribution is -2.28. The third-order valence-electron chi connectivity index (χ3n) is 3.25. The first-order valence-corrected chi connectivity index (χ1v) is 6.28. The summed E-state index contributed by atoms with van der Waals surface area (Å²) < 4.78 is 1.98. The van der Waals surface area contributed by atoms with Gasteiger partial charge in [-0.2, -0.15) is 0 Å². The number of carboxylic acids is 1. The van der Waals surface area contributed by atoms with E-state index in [0.29, 0.717) is 6.54 Å². The zero-order valence-electron chi connectivity index (χ0n) is 11.5. The molecule has 2 rings (SSSR count). The fourth-order valence-electron chi connectivity index (χ4n) is 2.20. The van der Waals surface area contributed by atoms with Crippen molar-refractivity contribution in [3.8, 4) is 0 Å². The van der Waals surface area contributed by atoms with Gasteiger partial charge in [-0.15, -0.1) is 0 Å². The highest BCUT2D eigenvalue weighted by Crippen LogP contribution is 2.15. The largest absolute Gasteiger partial charge is 0.481 e. The number of hydrogen-bond acceptors (Lipinski definition) is 3. The summed E-state index contributed by atoms with van der Waals surface area (Å²) in [6.45, 7) is 2.99. The van der Waals surface area contributed by atoms with Crippen molar-refractivity contribution in [1.82, 2.24) is 14.5 Å². The Labute approximate surface area is 112 Å². The van der Waals surface area contributed by atoms with Crippen LogP contribution in [0.15, 0.2) is 24.5 Å². The van der Waals surface area contributed by atoms with E-state index in [1.807, 2.05) is 29.6 Å². The number of imidazole rings is 1. The zero-order chi connectivity index (χ0) is 14.0. The van der Waals surface area contributed by atoms with Crippen molar-refractivity contribution in [2.45, 2.75) is 13.5 Å². The molecule has 0 fully saturated rings. The number of carbonyl (C=O) groups is 1. The molecule has 1 unspecified atom stereocenters. The van der Waals surface area contributed by atoms with E-state index >= 15 is 0 Å². The molecule has 5 heteroatoms. The Hall–Kier alpha value is -1.88. The average Bonchev–Trinajstić information content (AvgIpc) is 2.70. The summed E-state index contributed by atoms with van der Waals surface area (Å²) in [7, 11) is 3.90. The number of fused-ring (bicyclic) bond motifs is 1. The van der Waals surface area contributed by atoms with Crippen LogP contribution in [0.2, 0.25) is 0 Å². The van der Waals surface area contributed by atoms with Gasteiger partial charge >= 0.3 is 5.97 Å². The van der Waals surface area contributed by atoms with Crippen LogP contribution in [-0.2, 0) is 18.4 Å². The second-order valence-corrected chi connectivity index (χ2v) is 5.11. The second kappa shape index (κ2) is 5.40. The molecular formula is C14H19N3O2. The molecule has 5 nitrogen and oxygen atoms in total. The van der Waals surface area contributed by atoms with Gasteiger partial charge in [0.05, 0.1) is 23.3 Å².